The molecule has 6 heteroatoms. The van der Waals surface area contributed by atoms with Crippen LogP contribution in [0.15, 0.2) is 112 Å². The van der Waals surface area contributed by atoms with Crippen molar-refractivity contribution in [2.45, 2.75) is 31.7 Å². The van der Waals surface area contributed by atoms with Gasteiger partial charge >= 0.3 is 0 Å². The van der Waals surface area contributed by atoms with E-state index in [4.69, 9.17) is 10.3 Å². The summed E-state index contributed by atoms with van der Waals surface area (Å²) in [5.74, 6) is -0.0732. The predicted molar refractivity (Wildman–Crippen MR) is 144 cm³/mol. The zero-order valence-corrected chi connectivity index (χ0v) is 20.7. The van der Waals surface area contributed by atoms with Crippen molar-refractivity contribution in [2.24, 2.45) is 4.99 Å². The zero-order chi connectivity index (χ0) is 25.0. The minimum atomic E-state index is -0.0732. The van der Waals surface area contributed by atoms with Crippen LogP contribution in [0.1, 0.15) is 42.5 Å². The minimum Gasteiger partial charge on any atom is -0.291 e. The third-order valence-corrected chi connectivity index (χ3v) is 6.35. The molecular formula is C29H28N4OS. The summed E-state index contributed by atoms with van der Waals surface area (Å²) in [6, 6.07) is 27.9. The summed E-state index contributed by atoms with van der Waals surface area (Å²) in [6.45, 7) is 8.25. The molecule has 176 valence electrons. The number of amides is 1. The molecule has 1 amide bonds. The van der Waals surface area contributed by atoms with Crippen LogP contribution in [0.3, 0.4) is 0 Å². The Balaban J connectivity index is 0.000000214. The number of hydrazine groups is 1. The number of allylic oxidation sites excluding steroid dienone is 2. The van der Waals surface area contributed by atoms with Gasteiger partial charge in [0.2, 0.25) is 5.91 Å². The van der Waals surface area contributed by atoms with E-state index in [0.717, 1.165) is 28.1 Å². The number of aliphatic imine (C=N–C) groups is 1. The van der Waals surface area contributed by atoms with Crippen LogP contribution < -0.4 is 10.9 Å². The summed E-state index contributed by atoms with van der Waals surface area (Å²) >= 11 is 1.76. The van der Waals surface area contributed by atoms with Crippen molar-refractivity contribution in [1.29, 1.82) is 5.26 Å². The van der Waals surface area contributed by atoms with Gasteiger partial charge in [-0.15, -0.1) is 6.58 Å². The molecule has 0 unspecified atom stereocenters. The van der Waals surface area contributed by atoms with Crippen LogP contribution in [0.5, 0.6) is 0 Å². The normalized spacial score (nSPS) is 12.2. The number of rotatable bonds is 6. The average Bonchev–Trinajstić information content (AvgIpc) is 3.01. The lowest BCUT2D eigenvalue weighted by Crippen LogP contribution is -2.36. The maximum Gasteiger partial charge on any atom is 0.237 e. The van der Waals surface area contributed by atoms with E-state index in [1.807, 2.05) is 67.6 Å². The van der Waals surface area contributed by atoms with Gasteiger partial charge in [0.05, 0.1) is 17.3 Å². The molecule has 3 aromatic rings. The number of hydrogen-bond acceptors (Lipinski definition) is 5. The van der Waals surface area contributed by atoms with Crippen molar-refractivity contribution >= 4 is 23.4 Å². The molecule has 0 fully saturated rings. The van der Waals surface area contributed by atoms with E-state index < -0.39 is 0 Å². The van der Waals surface area contributed by atoms with Gasteiger partial charge in [-0.05, 0) is 37.6 Å². The molecule has 0 atom stereocenters. The summed E-state index contributed by atoms with van der Waals surface area (Å²) in [7, 11) is 0. The smallest absolute Gasteiger partial charge is 0.237 e. The first-order valence-corrected chi connectivity index (χ1v) is 12.0. The van der Waals surface area contributed by atoms with Crippen LogP contribution in [-0.4, -0.2) is 11.6 Å². The van der Waals surface area contributed by atoms with Crippen molar-refractivity contribution in [3.05, 3.63) is 124 Å². The van der Waals surface area contributed by atoms with Crippen molar-refractivity contribution in [2.75, 3.05) is 0 Å². The number of nitriles is 1. The number of thioether (sulfide) groups is 1. The highest BCUT2D eigenvalue weighted by Crippen LogP contribution is 2.36. The van der Waals surface area contributed by atoms with Crippen molar-refractivity contribution < 1.29 is 4.79 Å². The van der Waals surface area contributed by atoms with Crippen LogP contribution in [0.2, 0.25) is 0 Å². The molecule has 0 aliphatic carbocycles. The first-order chi connectivity index (χ1) is 17.0. The molecule has 0 saturated carbocycles. The van der Waals surface area contributed by atoms with Crippen LogP contribution in [-0.2, 0) is 11.3 Å². The minimum absolute atomic E-state index is 0.0732. The fourth-order valence-electron chi connectivity index (χ4n) is 3.24. The average molecular weight is 481 g/mol. The Labute approximate surface area is 211 Å². The Morgan fingerprint density at radius 2 is 1.71 bits per heavy atom. The molecule has 2 N–H and O–H groups in total. The summed E-state index contributed by atoms with van der Waals surface area (Å²) in [5, 5.41) is 8.93. The SMILES string of the molecule is C=CCC(=O)NNCc1ccccc1.CC1=C(C)Sc2ccccc2C(c2ccc(C#N)cc2)=N1. The monoisotopic (exact) mass is 480 g/mol. The lowest BCUT2D eigenvalue weighted by atomic mass is 10.0. The van der Waals surface area contributed by atoms with Gasteiger partial charge in [-0.1, -0.05) is 78.5 Å². The fraction of sp³-hybridized carbons (Fsp3) is 0.138. The molecule has 5 nitrogen and oxygen atoms in total. The second-order valence-corrected chi connectivity index (χ2v) is 9.03. The van der Waals surface area contributed by atoms with Gasteiger partial charge in [0.25, 0.3) is 0 Å². The standard InChI is InChI=1S/C18H14N2S.C11H14N2O/c1-12-13(2)21-17-6-4-3-5-16(17)18(20-12)15-9-7-14(11-19)8-10-15;1-2-6-11(14)13-12-9-10-7-4-3-5-8-10/h3-10H,1-2H3;2-5,7-8,12H,1,6,9H2,(H,13,14). The Kier molecular flexibility index (Phi) is 9.61. The van der Waals surface area contributed by atoms with Crippen molar-refractivity contribution in [3.8, 4) is 6.07 Å². The highest BCUT2D eigenvalue weighted by Gasteiger charge is 2.16. The molecule has 0 bridgehead atoms. The van der Waals surface area contributed by atoms with E-state index in [2.05, 4.69) is 48.6 Å². The Hall–Kier alpha value is -3.92. The van der Waals surface area contributed by atoms with E-state index in [9.17, 15) is 4.79 Å². The number of hydrogen-bond donors (Lipinski definition) is 2. The molecule has 0 aromatic heterocycles. The second-order valence-electron chi connectivity index (χ2n) is 7.77. The molecular weight excluding hydrogens is 452 g/mol. The fourth-order valence-corrected chi connectivity index (χ4v) is 4.19. The molecule has 1 aliphatic rings. The van der Waals surface area contributed by atoms with Crippen LogP contribution in [0.4, 0.5) is 0 Å². The first kappa shape index (κ1) is 25.7. The van der Waals surface area contributed by atoms with Gasteiger partial charge < -0.3 is 0 Å². The summed E-state index contributed by atoms with van der Waals surface area (Å²) in [5.41, 5.74) is 11.4. The summed E-state index contributed by atoms with van der Waals surface area (Å²) < 4.78 is 0. The van der Waals surface area contributed by atoms with Crippen LogP contribution in [0.25, 0.3) is 0 Å². The molecule has 0 radical (unpaired) electrons. The summed E-state index contributed by atoms with van der Waals surface area (Å²) in [6.07, 6.45) is 1.90. The number of carbonyl (C=O) groups excluding carboxylic acids is 1. The Morgan fingerprint density at radius 3 is 2.40 bits per heavy atom. The van der Waals surface area contributed by atoms with Gasteiger partial charge in [-0.25, -0.2) is 5.43 Å². The maximum absolute atomic E-state index is 11.0. The molecule has 35 heavy (non-hydrogen) atoms. The van der Waals surface area contributed by atoms with E-state index in [-0.39, 0.29) is 5.91 Å². The van der Waals surface area contributed by atoms with Gasteiger partial charge in [-0.2, -0.15) is 5.26 Å². The lowest BCUT2D eigenvalue weighted by molar-refractivity contribution is -0.121. The number of carbonyl (C=O) groups is 1. The van der Waals surface area contributed by atoms with Gasteiger partial charge in [-0.3, -0.25) is 15.2 Å². The quantitative estimate of drug-likeness (QED) is 0.328. The highest BCUT2D eigenvalue weighted by molar-refractivity contribution is 8.03. The van der Waals surface area contributed by atoms with Crippen LogP contribution >= 0.6 is 11.8 Å². The highest BCUT2D eigenvalue weighted by atomic mass is 32.2. The van der Waals surface area contributed by atoms with Crippen molar-refractivity contribution in [3.63, 3.8) is 0 Å². The molecule has 4 rings (SSSR count). The number of benzene rings is 3. The number of fused-ring (bicyclic) bond motifs is 1. The van der Waals surface area contributed by atoms with Gasteiger partial charge in [0.1, 0.15) is 0 Å². The lowest BCUT2D eigenvalue weighted by Gasteiger charge is -2.09. The summed E-state index contributed by atoms with van der Waals surface area (Å²) in [4.78, 5) is 18.2. The number of nitrogens with one attached hydrogen (secondary N) is 2. The van der Waals surface area contributed by atoms with Crippen LogP contribution in [0, 0.1) is 11.3 Å². The van der Waals surface area contributed by atoms with Gasteiger partial charge in [0.15, 0.2) is 0 Å². The largest absolute Gasteiger partial charge is 0.291 e. The maximum atomic E-state index is 11.0. The molecule has 0 spiro atoms. The van der Waals surface area contributed by atoms with E-state index in [0.29, 0.717) is 18.5 Å². The van der Waals surface area contributed by atoms with Gasteiger partial charge in [0, 0.05) is 39.6 Å². The van der Waals surface area contributed by atoms with Crippen molar-refractivity contribution in [1.82, 2.24) is 10.9 Å². The van der Waals surface area contributed by atoms with E-state index >= 15 is 0 Å². The molecule has 0 saturated heterocycles. The molecule has 1 heterocycles. The number of nitrogens with zero attached hydrogens (tertiary/aromatic N) is 2. The van der Waals surface area contributed by atoms with E-state index in [1.165, 1.54) is 9.80 Å². The molecule has 1 aliphatic heterocycles. The first-order valence-electron chi connectivity index (χ1n) is 11.2. The zero-order valence-electron chi connectivity index (χ0n) is 19.9. The third-order valence-electron chi connectivity index (χ3n) is 5.17. The Bertz CT molecular complexity index is 1270. The van der Waals surface area contributed by atoms with E-state index in [1.54, 1.807) is 17.8 Å². The molecule has 3 aromatic carbocycles. The Morgan fingerprint density at radius 1 is 1.03 bits per heavy atom. The predicted octanol–water partition coefficient (Wildman–Crippen LogP) is 6.14. The second kappa shape index (κ2) is 13.1. The topological polar surface area (TPSA) is 77.3 Å². The third kappa shape index (κ3) is 7.54.